The van der Waals surface area contributed by atoms with Crippen LogP contribution in [0.1, 0.15) is 19.8 Å². The Morgan fingerprint density at radius 1 is 1.44 bits per heavy atom. The predicted molar refractivity (Wildman–Crippen MR) is 63.0 cm³/mol. The molecule has 1 amide bonds. The Morgan fingerprint density at radius 2 is 2.17 bits per heavy atom. The van der Waals surface area contributed by atoms with E-state index in [1.54, 1.807) is 6.92 Å². The van der Waals surface area contributed by atoms with E-state index in [9.17, 15) is 13.6 Å². The smallest absolute Gasteiger partial charge is 0.256 e. The van der Waals surface area contributed by atoms with Gasteiger partial charge in [0.05, 0.1) is 11.4 Å². The summed E-state index contributed by atoms with van der Waals surface area (Å²) in [5.41, 5.74) is 4.00. The van der Waals surface area contributed by atoms with Crippen molar-refractivity contribution in [1.82, 2.24) is 0 Å². The number of nitrogens with two attached hydrogens (primary N) is 1. The summed E-state index contributed by atoms with van der Waals surface area (Å²) in [7, 11) is 0. The Bertz CT molecular complexity index is 485. The molecule has 1 fully saturated rings. The van der Waals surface area contributed by atoms with Crippen molar-refractivity contribution in [2.24, 2.45) is 0 Å². The van der Waals surface area contributed by atoms with Gasteiger partial charge in [-0.15, -0.1) is 0 Å². The molecular weight excluding hydrogens is 242 g/mol. The van der Waals surface area contributed by atoms with Crippen LogP contribution in [-0.4, -0.2) is 18.1 Å². The number of benzene rings is 1. The van der Waals surface area contributed by atoms with Crippen LogP contribution in [-0.2, 0) is 9.53 Å². The van der Waals surface area contributed by atoms with Crippen LogP contribution < -0.4 is 11.1 Å². The molecule has 4 nitrogen and oxygen atoms in total. The first-order valence-electron chi connectivity index (χ1n) is 5.62. The van der Waals surface area contributed by atoms with Crippen LogP contribution in [0.25, 0.3) is 0 Å². The monoisotopic (exact) mass is 256 g/mol. The average Bonchev–Trinajstić information content (AvgIpc) is 2.74. The number of anilines is 2. The molecule has 0 spiro atoms. The lowest BCUT2D eigenvalue weighted by Gasteiger charge is -2.22. The van der Waals surface area contributed by atoms with E-state index >= 15 is 0 Å². The molecule has 0 bridgehead atoms. The summed E-state index contributed by atoms with van der Waals surface area (Å²) in [5.74, 6) is -2.17. The molecule has 0 aromatic heterocycles. The lowest BCUT2D eigenvalue weighted by atomic mass is 10.0. The lowest BCUT2D eigenvalue weighted by molar-refractivity contribution is -0.133. The second-order valence-corrected chi connectivity index (χ2v) is 4.49. The van der Waals surface area contributed by atoms with Gasteiger partial charge in [-0.1, -0.05) is 0 Å². The van der Waals surface area contributed by atoms with Crippen LogP contribution in [0.3, 0.4) is 0 Å². The topological polar surface area (TPSA) is 64.4 Å². The number of hydrogen-bond acceptors (Lipinski definition) is 3. The summed E-state index contributed by atoms with van der Waals surface area (Å²) >= 11 is 0. The van der Waals surface area contributed by atoms with E-state index < -0.39 is 23.1 Å². The lowest BCUT2D eigenvalue weighted by Crippen LogP contribution is -2.39. The van der Waals surface area contributed by atoms with Crippen molar-refractivity contribution in [1.29, 1.82) is 0 Å². The van der Waals surface area contributed by atoms with Crippen molar-refractivity contribution in [3.05, 3.63) is 23.8 Å². The number of rotatable bonds is 2. The Morgan fingerprint density at radius 3 is 2.78 bits per heavy atom. The molecule has 6 heteroatoms. The molecule has 0 aliphatic carbocycles. The van der Waals surface area contributed by atoms with Crippen molar-refractivity contribution < 1.29 is 18.3 Å². The molecule has 3 N–H and O–H groups in total. The Balaban J connectivity index is 2.19. The first-order valence-corrected chi connectivity index (χ1v) is 5.62. The van der Waals surface area contributed by atoms with Gasteiger partial charge in [0, 0.05) is 12.7 Å². The number of hydrogen-bond donors (Lipinski definition) is 2. The van der Waals surface area contributed by atoms with Crippen molar-refractivity contribution in [3.63, 3.8) is 0 Å². The molecule has 1 aliphatic rings. The van der Waals surface area contributed by atoms with E-state index in [1.165, 1.54) is 0 Å². The van der Waals surface area contributed by atoms with Crippen LogP contribution in [0.15, 0.2) is 12.1 Å². The fraction of sp³-hybridized carbons (Fsp3) is 0.417. The minimum atomic E-state index is -0.963. The first-order chi connectivity index (χ1) is 8.42. The molecule has 1 heterocycles. The highest BCUT2D eigenvalue weighted by Gasteiger charge is 2.38. The van der Waals surface area contributed by atoms with Gasteiger partial charge in [-0.25, -0.2) is 8.78 Å². The van der Waals surface area contributed by atoms with E-state index in [2.05, 4.69) is 5.32 Å². The summed E-state index contributed by atoms with van der Waals surface area (Å²) in [6.07, 6.45) is 1.34. The molecule has 98 valence electrons. The zero-order valence-electron chi connectivity index (χ0n) is 9.93. The summed E-state index contributed by atoms with van der Waals surface area (Å²) in [5, 5.41) is 2.38. The van der Waals surface area contributed by atoms with E-state index in [-0.39, 0.29) is 11.4 Å². The van der Waals surface area contributed by atoms with Crippen molar-refractivity contribution in [3.8, 4) is 0 Å². The number of ether oxygens (including phenoxy) is 1. The number of amides is 1. The number of carbonyl (C=O) groups is 1. The number of carbonyl (C=O) groups excluding carboxylic acids is 1. The van der Waals surface area contributed by atoms with Gasteiger partial charge in [0.2, 0.25) is 0 Å². The highest BCUT2D eigenvalue weighted by molar-refractivity contribution is 5.97. The molecule has 1 unspecified atom stereocenters. The fourth-order valence-electron chi connectivity index (χ4n) is 1.87. The molecule has 0 saturated carbocycles. The van der Waals surface area contributed by atoms with E-state index in [4.69, 9.17) is 10.5 Å². The van der Waals surface area contributed by atoms with Crippen molar-refractivity contribution in [2.45, 2.75) is 25.4 Å². The third kappa shape index (κ3) is 2.28. The van der Waals surface area contributed by atoms with Crippen molar-refractivity contribution >= 4 is 17.3 Å². The van der Waals surface area contributed by atoms with Crippen molar-refractivity contribution in [2.75, 3.05) is 17.7 Å². The number of nitrogen functional groups attached to an aromatic ring is 1. The third-order valence-corrected chi connectivity index (χ3v) is 3.03. The third-order valence-electron chi connectivity index (χ3n) is 3.03. The normalized spacial score (nSPS) is 23.1. The minimum Gasteiger partial charge on any atom is -0.396 e. The van der Waals surface area contributed by atoms with Crippen LogP contribution in [0, 0.1) is 11.6 Å². The number of halogens is 2. The van der Waals surface area contributed by atoms with Crippen LogP contribution in [0.5, 0.6) is 0 Å². The van der Waals surface area contributed by atoms with Gasteiger partial charge in [-0.2, -0.15) is 0 Å². The maximum absolute atomic E-state index is 13.5. The second kappa shape index (κ2) is 4.53. The number of nitrogens with one attached hydrogen (secondary N) is 1. The van der Waals surface area contributed by atoms with E-state index in [0.717, 1.165) is 12.5 Å². The van der Waals surface area contributed by atoms with Gasteiger partial charge in [-0.05, 0) is 25.8 Å². The standard InChI is InChI=1S/C12H14F2N2O2/c1-12(3-2-4-18-12)11(17)16-10-6-9(15)7(13)5-8(10)14/h5-6H,2-4,15H2,1H3,(H,16,17). The van der Waals surface area contributed by atoms with Gasteiger partial charge in [0.1, 0.15) is 17.2 Å². The quantitative estimate of drug-likeness (QED) is 0.796. The SMILES string of the molecule is CC1(C(=O)Nc2cc(N)c(F)cc2F)CCCO1. The summed E-state index contributed by atoms with van der Waals surface area (Å²) in [6.45, 7) is 2.14. The van der Waals surface area contributed by atoms with E-state index in [1.807, 2.05) is 0 Å². The highest BCUT2D eigenvalue weighted by atomic mass is 19.1. The average molecular weight is 256 g/mol. The molecule has 1 atom stereocenters. The molecule has 2 rings (SSSR count). The molecular formula is C12H14F2N2O2. The maximum Gasteiger partial charge on any atom is 0.256 e. The van der Waals surface area contributed by atoms with Crippen LogP contribution >= 0.6 is 0 Å². The first kappa shape index (κ1) is 12.8. The highest BCUT2D eigenvalue weighted by Crippen LogP contribution is 2.28. The largest absolute Gasteiger partial charge is 0.396 e. The summed E-state index contributed by atoms with van der Waals surface area (Å²) < 4.78 is 31.8. The fourth-order valence-corrected chi connectivity index (χ4v) is 1.87. The van der Waals surface area contributed by atoms with Crippen LogP contribution in [0.4, 0.5) is 20.2 Å². The zero-order chi connectivity index (χ0) is 13.3. The van der Waals surface area contributed by atoms with Gasteiger partial charge in [0.25, 0.3) is 5.91 Å². The van der Waals surface area contributed by atoms with Crippen LogP contribution in [0.2, 0.25) is 0 Å². The van der Waals surface area contributed by atoms with Gasteiger partial charge >= 0.3 is 0 Å². The summed E-state index contributed by atoms with van der Waals surface area (Å²) in [6, 6.07) is 1.70. The Kier molecular flexibility index (Phi) is 3.21. The molecule has 1 aliphatic heterocycles. The molecule has 18 heavy (non-hydrogen) atoms. The summed E-state index contributed by atoms with van der Waals surface area (Å²) in [4.78, 5) is 11.9. The second-order valence-electron chi connectivity index (χ2n) is 4.49. The Labute approximate surface area is 103 Å². The van der Waals surface area contributed by atoms with Gasteiger partial charge in [-0.3, -0.25) is 4.79 Å². The molecule has 1 aromatic rings. The Hall–Kier alpha value is -1.69. The predicted octanol–water partition coefficient (Wildman–Crippen LogP) is 2.05. The van der Waals surface area contributed by atoms with Gasteiger partial charge in [0.15, 0.2) is 0 Å². The van der Waals surface area contributed by atoms with E-state index in [0.29, 0.717) is 19.1 Å². The molecule has 1 aromatic carbocycles. The van der Waals surface area contributed by atoms with Gasteiger partial charge < -0.3 is 15.8 Å². The maximum atomic E-state index is 13.5. The molecule has 0 radical (unpaired) electrons. The molecule has 1 saturated heterocycles. The zero-order valence-corrected chi connectivity index (χ0v) is 9.93. The minimum absolute atomic E-state index is 0.143.